The fourth-order valence-corrected chi connectivity index (χ4v) is 5.30. The van der Waals surface area contributed by atoms with Gasteiger partial charge in [0.05, 0.1) is 6.61 Å². The van der Waals surface area contributed by atoms with Gasteiger partial charge in [0.2, 0.25) is 5.60 Å². The lowest BCUT2D eigenvalue weighted by Crippen LogP contribution is -2.53. The first kappa shape index (κ1) is 17.4. The maximum atomic E-state index is 11.2. The zero-order valence-electron chi connectivity index (χ0n) is 15.0. The van der Waals surface area contributed by atoms with Gasteiger partial charge in [-0.2, -0.15) is 5.26 Å². The van der Waals surface area contributed by atoms with E-state index in [0.29, 0.717) is 6.61 Å². The summed E-state index contributed by atoms with van der Waals surface area (Å²) in [5, 5.41) is 20.9. The minimum Gasteiger partial charge on any atom is -0.371 e. The molecule has 0 aromatic rings. The van der Waals surface area contributed by atoms with E-state index in [-0.39, 0.29) is 0 Å². The highest BCUT2D eigenvalue weighted by Crippen LogP contribution is 2.50. The molecular weight excluding hydrogens is 338 g/mol. The van der Waals surface area contributed by atoms with Crippen LogP contribution in [0.2, 0.25) is 0 Å². The first-order valence-corrected chi connectivity index (χ1v) is 10.0. The molecule has 7 heteroatoms. The van der Waals surface area contributed by atoms with Gasteiger partial charge in [-0.05, 0) is 25.7 Å². The van der Waals surface area contributed by atoms with Crippen LogP contribution in [0.15, 0.2) is 0 Å². The monoisotopic (exact) mass is 365 g/mol. The van der Waals surface area contributed by atoms with Gasteiger partial charge in [0.15, 0.2) is 24.0 Å². The van der Waals surface area contributed by atoms with E-state index in [9.17, 15) is 10.4 Å². The van der Waals surface area contributed by atoms with Crippen LogP contribution in [0.3, 0.4) is 0 Å². The van der Waals surface area contributed by atoms with E-state index in [2.05, 4.69) is 0 Å². The molecule has 5 rings (SSSR count). The highest BCUT2D eigenvalue weighted by Gasteiger charge is 2.68. The topological polar surface area (TPSA) is 90.2 Å². The van der Waals surface area contributed by atoms with Crippen molar-refractivity contribution in [2.45, 2.75) is 106 Å². The molecule has 0 bridgehead atoms. The lowest BCUT2D eigenvalue weighted by molar-refractivity contribution is -0.266. The van der Waals surface area contributed by atoms with Crippen molar-refractivity contribution in [1.82, 2.24) is 0 Å². The summed E-state index contributed by atoms with van der Waals surface area (Å²) >= 11 is 0. The second kappa shape index (κ2) is 6.13. The van der Waals surface area contributed by atoms with Gasteiger partial charge in [0.1, 0.15) is 18.3 Å². The van der Waals surface area contributed by atoms with Crippen molar-refractivity contribution in [3.63, 3.8) is 0 Å². The number of fused-ring (bicyclic) bond motifs is 1. The Morgan fingerprint density at radius 3 is 2.12 bits per heavy atom. The number of rotatable bonds is 1. The Bertz CT molecular complexity index is 593. The van der Waals surface area contributed by atoms with Crippen molar-refractivity contribution in [1.29, 1.82) is 5.26 Å². The first-order valence-electron chi connectivity index (χ1n) is 10.0. The van der Waals surface area contributed by atoms with Gasteiger partial charge in [-0.1, -0.05) is 12.8 Å². The maximum absolute atomic E-state index is 11.2. The summed E-state index contributed by atoms with van der Waals surface area (Å²) in [7, 11) is 0. The average molecular weight is 365 g/mol. The number of nitriles is 1. The van der Waals surface area contributed by atoms with Crippen molar-refractivity contribution < 1.29 is 28.8 Å². The fraction of sp³-hybridized carbons (Fsp3) is 0.947. The summed E-state index contributed by atoms with van der Waals surface area (Å²) in [6.07, 6.45) is 6.95. The van der Waals surface area contributed by atoms with Gasteiger partial charge in [0.25, 0.3) is 0 Å². The van der Waals surface area contributed by atoms with E-state index in [4.69, 9.17) is 23.7 Å². The quantitative estimate of drug-likeness (QED) is 0.712. The lowest BCUT2D eigenvalue weighted by Gasteiger charge is -2.36. The number of nitrogens with zero attached hydrogens (tertiary/aromatic N) is 1. The third-order valence-electron chi connectivity index (χ3n) is 6.69. The number of ether oxygens (including phenoxy) is 5. The van der Waals surface area contributed by atoms with Crippen LogP contribution in [0.25, 0.3) is 0 Å². The summed E-state index contributed by atoms with van der Waals surface area (Å²) in [4.78, 5) is 0. The second-order valence-electron chi connectivity index (χ2n) is 8.43. The molecule has 5 atom stereocenters. The van der Waals surface area contributed by atoms with E-state index < -0.39 is 41.8 Å². The normalized spacial score (nSPS) is 46.5. The van der Waals surface area contributed by atoms with Crippen molar-refractivity contribution in [3.05, 3.63) is 0 Å². The molecule has 5 aliphatic rings. The van der Waals surface area contributed by atoms with Crippen molar-refractivity contribution in [2.75, 3.05) is 6.61 Å². The van der Waals surface area contributed by atoms with Crippen LogP contribution >= 0.6 is 0 Å². The molecule has 0 aromatic heterocycles. The zero-order valence-corrected chi connectivity index (χ0v) is 15.0. The van der Waals surface area contributed by atoms with Crippen molar-refractivity contribution in [2.24, 2.45) is 0 Å². The van der Waals surface area contributed by atoms with Gasteiger partial charge >= 0.3 is 0 Å². The molecule has 0 amide bonds. The smallest absolute Gasteiger partial charge is 0.211 e. The lowest BCUT2D eigenvalue weighted by atomic mass is 9.90. The van der Waals surface area contributed by atoms with Gasteiger partial charge in [0, 0.05) is 25.7 Å². The molecule has 0 radical (unpaired) electrons. The Morgan fingerprint density at radius 2 is 1.46 bits per heavy atom. The Labute approximate surface area is 153 Å². The molecule has 3 saturated heterocycles. The third-order valence-corrected chi connectivity index (χ3v) is 6.69. The Kier molecular flexibility index (Phi) is 4.09. The molecule has 1 N–H and O–H groups in total. The summed E-state index contributed by atoms with van der Waals surface area (Å²) in [5.41, 5.74) is -1.79. The number of hydrogen-bond donors (Lipinski definition) is 1. The minimum atomic E-state index is -1.79. The van der Waals surface area contributed by atoms with Crippen LogP contribution in [0.4, 0.5) is 0 Å². The molecule has 3 aliphatic heterocycles. The van der Waals surface area contributed by atoms with E-state index in [1.807, 2.05) is 6.07 Å². The maximum Gasteiger partial charge on any atom is 0.211 e. The standard InChI is InChI=1S/C19H27NO6/c20-12-19(21)14(13-11-22-17(24-13)7-3-1-4-8-17)23-16-15(19)25-18(26-16)9-5-2-6-10-18/h13-16,21H,1-11H2/t13-,14-,15-,16-,19-/m0/s1. The van der Waals surface area contributed by atoms with Crippen LogP contribution in [0.5, 0.6) is 0 Å². The van der Waals surface area contributed by atoms with Crippen molar-refractivity contribution in [3.8, 4) is 6.07 Å². The summed E-state index contributed by atoms with van der Waals surface area (Å²) in [5.74, 6) is -1.28. The first-order chi connectivity index (χ1) is 12.6. The summed E-state index contributed by atoms with van der Waals surface area (Å²) < 4.78 is 30.4. The Balaban J connectivity index is 1.33. The predicted molar refractivity (Wildman–Crippen MR) is 87.6 cm³/mol. The van der Waals surface area contributed by atoms with Gasteiger partial charge in [-0.15, -0.1) is 0 Å². The van der Waals surface area contributed by atoms with Crippen LogP contribution in [0, 0.1) is 11.3 Å². The zero-order chi connectivity index (χ0) is 17.8. The number of hydrogen-bond acceptors (Lipinski definition) is 7. The fourth-order valence-electron chi connectivity index (χ4n) is 5.30. The van der Waals surface area contributed by atoms with Gasteiger partial charge in [-0.25, -0.2) is 0 Å². The molecule has 0 aromatic carbocycles. The molecule has 2 spiro atoms. The van der Waals surface area contributed by atoms with Crippen LogP contribution in [0.1, 0.15) is 64.2 Å². The minimum absolute atomic E-state index is 0.319. The van der Waals surface area contributed by atoms with E-state index in [0.717, 1.165) is 57.8 Å². The molecule has 5 fully saturated rings. The van der Waals surface area contributed by atoms with Crippen LogP contribution in [-0.2, 0) is 23.7 Å². The number of aliphatic hydroxyl groups is 1. The molecule has 144 valence electrons. The largest absolute Gasteiger partial charge is 0.371 e. The summed E-state index contributed by atoms with van der Waals surface area (Å²) in [6.45, 7) is 0.319. The second-order valence-corrected chi connectivity index (χ2v) is 8.43. The Morgan fingerprint density at radius 1 is 0.808 bits per heavy atom. The van der Waals surface area contributed by atoms with Gasteiger partial charge < -0.3 is 28.8 Å². The third kappa shape index (κ3) is 2.55. The highest BCUT2D eigenvalue weighted by molar-refractivity contribution is 5.20. The van der Waals surface area contributed by atoms with Crippen molar-refractivity contribution >= 4 is 0 Å². The molecule has 7 nitrogen and oxygen atoms in total. The molecule has 2 saturated carbocycles. The molecule has 26 heavy (non-hydrogen) atoms. The SMILES string of the molecule is N#C[C@@]1(O)[C@H]2OC3(CCCCC3)O[C@@H]2O[C@H]1[C@@H]1COC2(CCCCC2)O1. The van der Waals surface area contributed by atoms with E-state index in [1.54, 1.807) is 0 Å². The van der Waals surface area contributed by atoms with E-state index in [1.165, 1.54) is 6.42 Å². The highest BCUT2D eigenvalue weighted by atomic mass is 16.8. The Hall–Kier alpha value is -0.750. The van der Waals surface area contributed by atoms with Crippen LogP contribution in [-0.4, -0.2) is 53.5 Å². The van der Waals surface area contributed by atoms with E-state index >= 15 is 0 Å². The van der Waals surface area contributed by atoms with Crippen LogP contribution < -0.4 is 0 Å². The average Bonchev–Trinajstić information content (AvgIpc) is 3.29. The van der Waals surface area contributed by atoms with Gasteiger partial charge in [-0.3, -0.25) is 0 Å². The predicted octanol–water partition coefficient (Wildman–Crippen LogP) is 2.12. The molecule has 3 heterocycles. The molecule has 0 unspecified atom stereocenters. The summed E-state index contributed by atoms with van der Waals surface area (Å²) in [6, 6.07) is 2.04. The molecule has 2 aliphatic carbocycles. The molecular formula is C19H27NO6.